The molecule has 1 fully saturated rings. The standard InChI is InChI=1S/C9H17N3O2/c1-4-7-5-8(6-11-12-10)14-9(2,3)13-7/h7-8H,4-6H2,1-3H3/t7-,8-/m1/s1. The van der Waals surface area contributed by atoms with Crippen LogP contribution in [0.25, 0.3) is 10.4 Å². The highest BCUT2D eigenvalue weighted by molar-refractivity contribution is 4.77. The van der Waals surface area contributed by atoms with E-state index < -0.39 is 5.79 Å². The smallest absolute Gasteiger partial charge is 0.163 e. The Kier molecular flexibility index (Phi) is 3.75. The van der Waals surface area contributed by atoms with E-state index >= 15 is 0 Å². The van der Waals surface area contributed by atoms with Crippen LogP contribution >= 0.6 is 0 Å². The van der Waals surface area contributed by atoms with E-state index in [0.717, 1.165) is 12.8 Å². The Morgan fingerprint density at radius 3 is 2.64 bits per heavy atom. The molecule has 1 aliphatic rings. The van der Waals surface area contributed by atoms with Gasteiger partial charge in [0.1, 0.15) is 0 Å². The topological polar surface area (TPSA) is 67.2 Å². The first-order chi connectivity index (χ1) is 6.57. The predicted molar refractivity (Wildman–Crippen MR) is 52.7 cm³/mol. The summed E-state index contributed by atoms with van der Waals surface area (Å²) in [5.74, 6) is -0.561. The summed E-state index contributed by atoms with van der Waals surface area (Å²) in [4.78, 5) is 2.73. The first-order valence-corrected chi connectivity index (χ1v) is 4.94. The average Bonchev–Trinajstić information content (AvgIpc) is 2.12. The van der Waals surface area contributed by atoms with E-state index in [9.17, 15) is 0 Å². The molecule has 0 bridgehead atoms. The molecule has 0 aromatic heterocycles. The van der Waals surface area contributed by atoms with Gasteiger partial charge in [-0.05, 0) is 25.8 Å². The Morgan fingerprint density at radius 2 is 2.07 bits per heavy atom. The largest absolute Gasteiger partial charge is 0.347 e. The third kappa shape index (κ3) is 3.18. The fourth-order valence-corrected chi connectivity index (χ4v) is 1.71. The molecule has 0 unspecified atom stereocenters. The van der Waals surface area contributed by atoms with Crippen molar-refractivity contribution in [3.63, 3.8) is 0 Å². The summed E-state index contributed by atoms with van der Waals surface area (Å²) >= 11 is 0. The number of hydrogen-bond acceptors (Lipinski definition) is 3. The fourth-order valence-electron chi connectivity index (χ4n) is 1.71. The molecule has 0 amide bonds. The van der Waals surface area contributed by atoms with E-state index in [1.807, 2.05) is 13.8 Å². The van der Waals surface area contributed by atoms with Crippen LogP contribution in [0.5, 0.6) is 0 Å². The minimum absolute atomic E-state index is 0.0143. The zero-order valence-electron chi connectivity index (χ0n) is 8.93. The quantitative estimate of drug-likeness (QED) is 0.398. The number of hydrogen-bond donors (Lipinski definition) is 0. The molecule has 1 rings (SSSR count). The molecule has 0 N–H and O–H groups in total. The molecule has 0 saturated carbocycles. The van der Waals surface area contributed by atoms with Gasteiger partial charge in [-0.1, -0.05) is 12.0 Å². The Balaban J connectivity index is 2.56. The first kappa shape index (κ1) is 11.3. The lowest BCUT2D eigenvalue weighted by atomic mass is 10.1. The van der Waals surface area contributed by atoms with Crippen molar-refractivity contribution in [3.8, 4) is 0 Å². The second-order valence-corrected chi connectivity index (χ2v) is 3.94. The van der Waals surface area contributed by atoms with Gasteiger partial charge in [0.2, 0.25) is 0 Å². The van der Waals surface area contributed by atoms with E-state index in [0.29, 0.717) is 6.54 Å². The molecule has 2 atom stereocenters. The highest BCUT2D eigenvalue weighted by atomic mass is 16.7. The van der Waals surface area contributed by atoms with Gasteiger partial charge in [0.05, 0.1) is 18.8 Å². The molecular formula is C9H17N3O2. The molecule has 0 spiro atoms. The maximum atomic E-state index is 8.22. The van der Waals surface area contributed by atoms with Gasteiger partial charge in [-0.15, -0.1) is 0 Å². The molecule has 1 saturated heterocycles. The Hall–Kier alpha value is -0.770. The summed E-state index contributed by atoms with van der Waals surface area (Å²) in [6.45, 7) is 6.24. The van der Waals surface area contributed by atoms with Crippen molar-refractivity contribution in [1.29, 1.82) is 0 Å². The third-order valence-electron chi connectivity index (χ3n) is 2.23. The molecule has 1 heterocycles. The number of rotatable bonds is 3. The normalized spacial score (nSPS) is 30.8. The summed E-state index contributed by atoms with van der Waals surface area (Å²) in [5, 5.41) is 3.53. The van der Waals surface area contributed by atoms with Crippen LogP contribution < -0.4 is 0 Å². The molecule has 80 valence electrons. The van der Waals surface area contributed by atoms with Crippen LogP contribution in [0.2, 0.25) is 0 Å². The number of ether oxygens (including phenoxy) is 2. The van der Waals surface area contributed by atoms with E-state index in [2.05, 4.69) is 16.9 Å². The van der Waals surface area contributed by atoms with Crippen LogP contribution in [0.4, 0.5) is 0 Å². The van der Waals surface area contributed by atoms with Crippen LogP contribution in [0.1, 0.15) is 33.6 Å². The highest BCUT2D eigenvalue weighted by Gasteiger charge is 2.34. The van der Waals surface area contributed by atoms with Gasteiger partial charge in [0.25, 0.3) is 0 Å². The Morgan fingerprint density at radius 1 is 1.43 bits per heavy atom. The molecule has 0 aromatic rings. The zero-order valence-corrected chi connectivity index (χ0v) is 8.93. The lowest BCUT2D eigenvalue weighted by molar-refractivity contribution is -0.297. The summed E-state index contributed by atoms with van der Waals surface area (Å²) < 4.78 is 11.3. The second kappa shape index (κ2) is 4.64. The van der Waals surface area contributed by atoms with E-state index in [-0.39, 0.29) is 12.2 Å². The summed E-state index contributed by atoms with van der Waals surface area (Å²) in [6, 6.07) is 0. The van der Waals surface area contributed by atoms with Crippen LogP contribution in [0, 0.1) is 0 Å². The molecule has 0 radical (unpaired) electrons. The molecule has 1 aliphatic heterocycles. The van der Waals surface area contributed by atoms with Gasteiger partial charge < -0.3 is 9.47 Å². The second-order valence-electron chi connectivity index (χ2n) is 3.94. The Labute approximate surface area is 84.0 Å². The van der Waals surface area contributed by atoms with Crippen molar-refractivity contribution in [1.82, 2.24) is 0 Å². The maximum Gasteiger partial charge on any atom is 0.163 e. The molecule has 0 aliphatic carbocycles. The van der Waals surface area contributed by atoms with Gasteiger partial charge in [-0.25, -0.2) is 0 Å². The van der Waals surface area contributed by atoms with E-state index in [1.165, 1.54) is 0 Å². The minimum Gasteiger partial charge on any atom is -0.347 e. The lowest BCUT2D eigenvalue weighted by Crippen LogP contribution is -2.45. The van der Waals surface area contributed by atoms with Crippen molar-refractivity contribution in [3.05, 3.63) is 10.4 Å². The summed E-state index contributed by atoms with van der Waals surface area (Å²) in [5.41, 5.74) is 8.22. The average molecular weight is 199 g/mol. The molecule has 0 aromatic carbocycles. The van der Waals surface area contributed by atoms with Crippen molar-refractivity contribution >= 4 is 0 Å². The van der Waals surface area contributed by atoms with Gasteiger partial charge in [-0.3, -0.25) is 0 Å². The van der Waals surface area contributed by atoms with Gasteiger partial charge in [0.15, 0.2) is 5.79 Å². The maximum absolute atomic E-state index is 8.22. The Bertz CT molecular complexity index is 236. The van der Waals surface area contributed by atoms with Crippen molar-refractivity contribution in [2.24, 2.45) is 5.11 Å². The minimum atomic E-state index is -0.561. The predicted octanol–water partition coefficient (Wildman–Crippen LogP) is 2.62. The monoisotopic (exact) mass is 199 g/mol. The summed E-state index contributed by atoms with van der Waals surface area (Å²) in [6.07, 6.45) is 1.95. The van der Waals surface area contributed by atoms with Crippen LogP contribution in [0.3, 0.4) is 0 Å². The van der Waals surface area contributed by atoms with Crippen molar-refractivity contribution in [2.45, 2.75) is 51.6 Å². The SMILES string of the molecule is CC[C@@H]1C[C@H](CN=[N+]=[N-])OC(C)(C)O1. The molecular weight excluding hydrogens is 182 g/mol. The third-order valence-corrected chi connectivity index (χ3v) is 2.23. The van der Waals surface area contributed by atoms with Crippen molar-refractivity contribution in [2.75, 3.05) is 6.54 Å². The first-order valence-electron chi connectivity index (χ1n) is 4.94. The van der Waals surface area contributed by atoms with E-state index in [4.69, 9.17) is 15.0 Å². The zero-order chi connectivity index (χ0) is 10.6. The van der Waals surface area contributed by atoms with Crippen molar-refractivity contribution < 1.29 is 9.47 Å². The van der Waals surface area contributed by atoms with Crippen LogP contribution in [-0.4, -0.2) is 24.5 Å². The molecule has 5 heteroatoms. The highest BCUT2D eigenvalue weighted by Crippen LogP contribution is 2.28. The molecule has 14 heavy (non-hydrogen) atoms. The van der Waals surface area contributed by atoms with Gasteiger partial charge in [0, 0.05) is 11.3 Å². The number of azide groups is 1. The van der Waals surface area contributed by atoms with E-state index in [1.54, 1.807) is 0 Å². The lowest BCUT2D eigenvalue weighted by Gasteiger charge is -2.40. The van der Waals surface area contributed by atoms with Gasteiger partial charge in [-0.2, -0.15) is 0 Å². The summed E-state index contributed by atoms with van der Waals surface area (Å²) in [7, 11) is 0. The van der Waals surface area contributed by atoms with Crippen LogP contribution in [0.15, 0.2) is 5.11 Å². The number of nitrogens with zero attached hydrogens (tertiary/aromatic N) is 3. The fraction of sp³-hybridized carbons (Fsp3) is 1.00. The van der Waals surface area contributed by atoms with Crippen LogP contribution in [-0.2, 0) is 9.47 Å². The van der Waals surface area contributed by atoms with Gasteiger partial charge >= 0.3 is 0 Å². The molecule has 5 nitrogen and oxygen atoms in total.